The Hall–Kier alpha value is -2.69. The molecule has 0 spiro atoms. The van der Waals surface area contributed by atoms with Crippen molar-refractivity contribution in [2.24, 2.45) is 4.99 Å². The molecule has 3 rings (SSSR count). The first-order valence-electron chi connectivity index (χ1n) is 6.98. The molecule has 0 N–H and O–H groups in total. The maximum absolute atomic E-state index is 12.0. The van der Waals surface area contributed by atoms with Gasteiger partial charge in [0.15, 0.2) is 5.70 Å². The molecule has 0 radical (unpaired) electrons. The minimum atomic E-state index is -0.464. The maximum Gasteiger partial charge on any atom is 0.363 e. The number of aromatic nitrogens is 1. The van der Waals surface area contributed by atoms with Gasteiger partial charge in [0.1, 0.15) is 5.76 Å². The zero-order valence-corrected chi connectivity index (χ0v) is 12.9. The first kappa shape index (κ1) is 14.3. The third-order valence-electron chi connectivity index (χ3n) is 3.46. The fraction of sp³-hybridized carbons (Fsp3) is 0.235. The van der Waals surface area contributed by atoms with Gasteiger partial charge >= 0.3 is 5.97 Å². The Morgan fingerprint density at radius 2 is 1.73 bits per heavy atom. The van der Waals surface area contributed by atoms with Crippen molar-refractivity contribution >= 4 is 17.9 Å². The molecule has 0 fully saturated rings. The maximum atomic E-state index is 12.0. The Morgan fingerprint density at radius 1 is 1.05 bits per heavy atom. The fourth-order valence-corrected chi connectivity index (χ4v) is 2.46. The Bertz CT molecular complexity index is 789. The quantitative estimate of drug-likeness (QED) is 0.630. The number of ether oxygens (including phenoxy) is 1. The van der Waals surface area contributed by atoms with Gasteiger partial charge in [-0.2, -0.15) is 0 Å². The summed E-state index contributed by atoms with van der Waals surface area (Å²) in [6, 6.07) is 5.94. The van der Waals surface area contributed by atoms with Crippen LogP contribution in [0.1, 0.15) is 33.7 Å². The lowest BCUT2D eigenvalue weighted by molar-refractivity contribution is -0.129. The Kier molecular flexibility index (Phi) is 3.41. The molecule has 112 valence electrons. The normalized spacial score (nSPS) is 16.1. The molecule has 0 unspecified atom stereocenters. The smallest absolute Gasteiger partial charge is 0.363 e. The van der Waals surface area contributed by atoms with Crippen LogP contribution in [-0.4, -0.2) is 17.0 Å². The highest BCUT2D eigenvalue weighted by atomic mass is 16.6. The molecule has 2 heterocycles. The summed E-state index contributed by atoms with van der Waals surface area (Å²) in [5.41, 5.74) is 4.72. The minimum Gasteiger partial charge on any atom is -0.402 e. The summed E-state index contributed by atoms with van der Waals surface area (Å²) in [5, 5.41) is 3.86. The summed E-state index contributed by atoms with van der Waals surface area (Å²) in [7, 11) is 0. The molecule has 0 aliphatic carbocycles. The molecule has 1 aromatic heterocycles. The first-order valence-corrected chi connectivity index (χ1v) is 6.98. The van der Waals surface area contributed by atoms with E-state index in [-0.39, 0.29) is 5.70 Å². The van der Waals surface area contributed by atoms with Crippen molar-refractivity contribution in [3.63, 3.8) is 0 Å². The monoisotopic (exact) mass is 296 g/mol. The lowest BCUT2D eigenvalue weighted by atomic mass is 10.1. The van der Waals surface area contributed by atoms with Gasteiger partial charge in [-0.3, -0.25) is 0 Å². The van der Waals surface area contributed by atoms with E-state index >= 15 is 0 Å². The summed E-state index contributed by atoms with van der Waals surface area (Å²) in [6.45, 7) is 7.60. The third kappa shape index (κ3) is 2.57. The molecule has 0 amide bonds. The third-order valence-corrected chi connectivity index (χ3v) is 3.46. The van der Waals surface area contributed by atoms with Gasteiger partial charge in [-0.25, -0.2) is 9.79 Å². The molecule has 5 heteroatoms. The number of aryl methyl sites for hydroxylation is 4. The second-order valence-electron chi connectivity index (χ2n) is 5.45. The van der Waals surface area contributed by atoms with E-state index in [2.05, 4.69) is 16.2 Å². The van der Waals surface area contributed by atoms with E-state index in [4.69, 9.17) is 9.26 Å². The lowest BCUT2D eigenvalue weighted by Crippen LogP contribution is -2.06. The van der Waals surface area contributed by atoms with Gasteiger partial charge in [-0.05, 0) is 45.9 Å². The van der Waals surface area contributed by atoms with Gasteiger partial charge in [-0.1, -0.05) is 22.3 Å². The van der Waals surface area contributed by atoms with E-state index in [1.807, 2.05) is 32.9 Å². The molecule has 1 aliphatic heterocycles. The molecule has 2 aromatic rings. The lowest BCUT2D eigenvalue weighted by Gasteiger charge is -2.03. The number of aliphatic imine (C=N–C) groups is 1. The zero-order chi connectivity index (χ0) is 15.9. The van der Waals surface area contributed by atoms with Crippen molar-refractivity contribution in [3.05, 3.63) is 57.6 Å². The SMILES string of the molecule is Cc1cc(C)cc(C2=N/C(=C/c3c(C)noc3C)C(=O)O2)c1. The number of carbonyl (C=O) groups excluding carboxylic acids is 1. The van der Waals surface area contributed by atoms with E-state index in [1.165, 1.54) is 0 Å². The van der Waals surface area contributed by atoms with Crippen LogP contribution in [0.15, 0.2) is 33.4 Å². The van der Waals surface area contributed by atoms with E-state index < -0.39 is 5.97 Å². The van der Waals surface area contributed by atoms with Crippen molar-refractivity contribution in [1.82, 2.24) is 5.16 Å². The van der Waals surface area contributed by atoms with Crippen molar-refractivity contribution in [2.75, 3.05) is 0 Å². The minimum absolute atomic E-state index is 0.253. The van der Waals surface area contributed by atoms with Crippen LogP contribution in [0.5, 0.6) is 0 Å². The number of cyclic esters (lactones) is 1. The molecule has 5 nitrogen and oxygen atoms in total. The van der Waals surface area contributed by atoms with Crippen LogP contribution in [0.4, 0.5) is 0 Å². The second-order valence-corrected chi connectivity index (χ2v) is 5.45. The molecule has 0 atom stereocenters. The van der Waals surface area contributed by atoms with Crippen LogP contribution in [0.3, 0.4) is 0 Å². The summed E-state index contributed by atoms with van der Waals surface area (Å²) in [4.78, 5) is 16.3. The van der Waals surface area contributed by atoms with E-state index in [0.29, 0.717) is 17.4 Å². The summed E-state index contributed by atoms with van der Waals surface area (Å²) in [5.74, 6) is 0.511. The Balaban J connectivity index is 2.01. The van der Waals surface area contributed by atoms with Gasteiger partial charge in [0.2, 0.25) is 5.90 Å². The van der Waals surface area contributed by atoms with Crippen molar-refractivity contribution < 1.29 is 14.1 Å². The van der Waals surface area contributed by atoms with Crippen molar-refractivity contribution in [3.8, 4) is 0 Å². The van der Waals surface area contributed by atoms with Crippen LogP contribution < -0.4 is 0 Å². The molecule has 1 aliphatic rings. The van der Waals surface area contributed by atoms with Crippen molar-refractivity contribution in [1.29, 1.82) is 0 Å². The van der Waals surface area contributed by atoms with Crippen LogP contribution in [0.2, 0.25) is 0 Å². The predicted octanol–water partition coefficient (Wildman–Crippen LogP) is 3.25. The molecule has 22 heavy (non-hydrogen) atoms. The van der Waals surface area contributed by atoms with Crippen molar-refractivity contribution in [2.45, 2.75) is 27.7 Å². The first-order chi connectivity index (χ1) is 10.4. The Labute approximate surface area is 128 Å². The number of benzene rings is 1. The van der Waals surface area contributed by atoms with Gasteiger partial charge in [0, 0.05) is 11.1 Å². The van der Waals surface area contributed by atoms with Gasteiger partial charge < -0.3 is 9.26 Å². The topological polar surface area (TPSA) is 64.7 Å². The molecule has 0 saturated heterocycles. The number of rotatable bonds is 2. The molecular formula is C17H16N2O3. The molecular weight excluding hydrogens is 280 g/mol. The summed E-state index contributed by atoms with van der Waals surface area (Å²) in [6.07, 6.45) is 1.65. The highest BCUT2D eigenvalue weighted by molar-refractivity contribution is 6.13. The standard InChI is InChI=1S/C17H16N2O3/c1-9-5-10(2)7-13(6-9)16-18-15(17(20)21-16)8-14-11(3)19-22-12(14)4/h5-8H,1-4H3/b15-8+. The number of hydrogen-bond acceptors (Lipinski definition) is 5. The average Bonchev–Trinajstić information content (AvgIpc) is 2.96. The Morgan fingerprint density at radius 3 is 2.32 bits per heavy atom. The van der Waals surface area contributed by atoms with E-state index in [1.54, 1.807) is 13.0 Å². The van der Waals surface area contributed by atoms with E-state index in [0.717, 1.165) is 22.3 Å². The number of esters is 1. The average molecular weight is 296 g/mol. The van der Waals surface area contributed by atoms with Gasteiger partial charge in [-0.15, -0.1) is 0 Å². The second kappa shape index (κ2) is 5.26. The van der Waals surface area contributed by atoms with Crippen LogP contribution >= 0.6 is 0 Å². The van der Waals surface area contributed by atoms with Crippen LogP contribution in [0.25, 0.3) is 6.08 Å². The number of hydrogen-bond donors (Lipinski definition) is 0. The molecule has 1 aromatic carbocycles. The highest BCUT2D eigenvalue weighted by Gasteiger charge is 2.25. The van der Waals surface area contributed by atoms with Gasteiger partial charge in [0.05, 0.1) is 5.69 Å². The van der Waals surface area contributed by atoms with Crippen LogP contribution in [-0.2, 0) is 9.53 Å². The zero-order valence-electron chi connectivity index (χ0n) is 12.9. The van der Waals surface area contributed by atoms with Gasteiger partial charge in [0.25, 0.3) is 0 Å². The summed E-state index contributed by atoms with van der Waals surface area (Å²) >= 11 is 0. The number of carbonyl (C=O) groups is 1. The van der Waals surface area contributed by atoms with E-state index in [9.17, 15) is 4.79 Å². The largest absolute Gasteiger partial charge is 0.402 e. The number of nitrogens with zero attached hydrogens (tertiary/aromatic N) is 2. The molecule has 0 saturated carbocycles. The fourth-order valence-electron chi connectivity index (χ4n) is 2.46. The highest BCUT2D eigenvalue weighted by Crippen LogP contribution is 2.23. The molecule has 0 bridgehead atoms. The predicted molar refractivity (Wildman–Crippen MR) is 82.5 cm³/mol. The van der Waals surface area contributed by atoms with Crippen LogP contribution in [0, 0.1) is 27.7 Å². The summed E-state index contributed by atoms with van der Waals surface area (Å²) < 4.78 is 10.4.